The number of carbonyl (C=O) groups excluding carboxylic acids is 2. The summed E-state index contributed by atoms with van der Waals surface area (Å²) in [4.78, 5) is 23.2. The molecule has 9 heteroatoms. The Labute approximate surface area is 129 Å². The van der Waals surface area contributed by atoms with Crippen molar-refractivity contribution in [3.63, 3.8) is 0 Å². The first kappa shape index (κ1) is 18.2. The SMILES string of the molecule is C#CC(=O)N1CCOCC1.C=C(C1CCNC1=O)S(N)(=O)=O. The van der Waals surface area contributed by atoms with E-state index in [1.807, 2.05) is 0 Å². The van der Waals surface area contributed by atoms with Crippen molar-refractivity contribution in [2.45, 2.75) is 6.42 Å². The number of hydrogen-bond donors (Lipinski definition) is 2. The van der Waals surface area contributed by atoms with Gasteiger partial charge in [0.15, 0.2) is 0 Å². The first-order valence-corrected chi connectivity index (χ1v) is 8.14. The molecule has 2 amide bonds. The lowest BCUT2D eigenvalue weighted by molar-refractivity contribution is -0.129. The second kappa shape index (κ2) is 7.93. The molecule has 8 nitrogen and oxygen atoms in total. The van der Waals surface area contributed by atoms with Gasteiger partial charge in [-0.3, -0.25) is 9.59 Å². The lowest BCUT2D eigenvalue weighted by Gasteiger charge is -2.24. The van der Waals surface area contributed by atoms with E-state index in [4.69, 9.17) is 16.3 Å². The predicted molar refractivity (Wildman–Crippen MR) is 79.6 cm³/mol. The summed E-state index contributed by atoms with van der Waals surface area (Å²) < 4.78 is 26.6. The van der Waals surface area contributed by atoms with Gasteiger partial charge in [0.1, 0.15) is 0 Å². The van der Waals surface area contributed by atoms with E-state index in [0.717, 1.165) is 0 Å². The molecule has 0 saturated carbocycles. The van der Waals surface area contributed by atoms with Crippen molar-refractivity contribution in [2.24, 2.45) is 11.1 Å². The quantitative estimate of drug-likeness (QED) is 0.592. The summed E-state index contributed by atoms with van der Waals surface area (Å²) >= 11 is 0. The monoisotopic (exact) mass is 329 g/mol. The van der Waals surface area contributed by atoms with Crippen molar-refractivity contribution in [3.05, 3.63) is 11.5 Å². The second-order valence-corrected chi connectivity index (χ2v) is 6.31. The number of morpholine rings is 1. The van der Waals surface area contributed by atoms with Crippen LogP contribution in [0.15, 0.2) is 11.5 Å². The molecule has 3 N–H and O–H groups in total. The summed E-state index contributed by atoms with van der Waals surface area (Å²) in [6, 6.07) is 0. The second-order valence-electron chi connectivity index (χ2n) is 4.69. The zero-order valence-electron chi connectivity index (χ0n) is 12.1. The number of amides is 2. The molecule has 1 atom stereocenters. The average molecular weight is 329 g/mol. The van der Waals surface area contributed by atoms with Crippen molar-refractivity contribution < 1.29 is 22.7 Å². The summed E-state index contributed by atoms with van der Waals surface area (Å²) in [5.74, 6) is 0.855. The molecule has 0 aromatic heterocycles. The molecule has 2 saturated heterocycles. The molecule has 2 aliphatic heterocycles. The number of primary sulfonamides is 1. The van der Waals surface area contributed by atoms with Gasteiger partial charge in [0, 0.05) is 19.6 Å². The highest BCUT2D eigenvalue weighted by atomic mass is 32.2. The smallest absolute Gasteiger partial charge is 0.298 e. The number of nitrogens with one attached hydrogen (secondary N) is 1. The minimum atomic E-state index is -3.77. The van der Waals surface area contributed by atoms with Gasteiger partial charge in [0.05, 0.1) is 24.0 Å². The summed E-state index contributed by atoms with van der Waals surface area (Å²) in [5, 5.41) is 7.32. The van der Waals surface area contributed by atoms with Crippen LogP contribution in [0.25, 0.3) is 0 Å². The van der Waals surface area contributed by atoms with Gasteiger partial charge in [-0.1, -0.05) is 6.58 Å². The first-order chi connectivity index (χ1) is 10.3. The Morgan fingerprint density at radius 1 is 1.45 bits per heavy atom. The zero-order valence-corrected chi connectivity index (χ0v) is 12.9. The molecule has 0 aliphatic carbocycles. The maximum absolute atomic E-state index is 11.0. The van der Waals surface area contributed by atoms with Crippen molar-refractivity contribution in [3.8, 4) is 12.3 Å². The summed E-state index contributed by atoms with van der Waals surface area (Å²) in [7, 11) is -3.77. The Kier molecular flexibility index (Phi) is 6.55. The van der Waals surface area contributed by atoms with E-state index in [9.17, 15) is 18.0 Å². The number of hydrogen-bond acceptors (Lipinski definition) is 5. The number of terminal acetylenes is 1. The molecule has 2 heterocycles. The van der Waals surface area contributed by atoms with Crippen LogP contribution >= 0.6 is 0 Å². The molecule has 0 bridgehead atoms. The maximum atomic E-state index is 11.0. The van der Waals surface area contributed by atoms with Crippen molar-refractivity contribution in [1.29, 1.82) is 0 Å². The third-order valence-corrected chi connectivity index (χ3v) is 4.24. The minimum absolute atomic E-state index is 0.197. The average Bonchev–Trinajstić information content (AvgIpc) is 2.92. The fourth-order valence-corrected chi connectivity index (χ4v) is 2.58. The van der Waals surface area contributed by atoms with E-state index in [-0.39, 0.29) is 16.7 Å². The fourth-order valence-electron chi connectivity index (χ4n) is 1.96. The van der Waals surface area contributed by atoms with Crippen LogP contribution < -0.4 is 10.5 Å². The summed E-state index contributed by atoms with van der Waals surface area (Å²) in [6.45, 7) is 6.23. The van der Waals surface area contributed by atoms with Gasteiger partial charge in [0.2, 0.25) is 15.9 Å². The Bertz CT molecular complexity index is 587. The van der Waals surface area contributed by atoms with Gasteiger partial charge >= 0.3 is 0 Å². The number of carbonyl (C=O) groups is 2. The molecule has 1 unspecified atom stereocenters. The number of rotatable bonds is 2. The zero-order chi connectivity index (χ0) is 16.8. The van der Waals surface area contributed by atoms with Crippen LogP contribution in [0.4, 0.5) is 0 Å². The van der Waals surface area contributed by atoms with Crippen molar-refractivity contribution in [1.82, 2.24) is 10.2 Å². The van der Waals surface area contributed by atoms with E-state index in [2.05, 4.69) is 17.8 Å². The molecule has 2 fully saturated rings. The number of ether oxygens (including phenoxy) is 1. The highest BCUT2D eigenvalue weighted by molar-refractivity contribution is 7.93. The topological polar surface area (TPSA) is 119 Å². The van der Waals surface area contributed by atoms with Crippen LogP contribution in [-0.2, 0) is 24.3 Å². The van der Waals surface area contributed by atoms with Crippen LogP contribution in [0.3, 0.4) is 0 Å². The Morgan fingerprint density at radius 3 is 2.45 bits per heavy atom. The molecule has 122 valence electrons. The van der Waals surface area contributed by atoms with E-state index in [1.54, 1.807) is 4.90 Å². The number of nitrogens with two attached hydrogens (primary N) is 1. The lowest BCUT2D eigenvalue weighted by Crippen LogP contribution is -2.39. The molecule has 2 aliphatic rings. The van der Waals surface area contributed by atoms with Gasteiger partial charge in [0.25, 0.3) is 5.91 Å². The van der Waals surface area contributed by atoms with Crippen LogP contribution in [0.2, 0.25) is 0 Å². The van der Waals surface area contributed by atoms with E-state index in [0.29, 0.717) is 39.3 Å². The largest absolute Gasteiger partial charge is 0.378 e. The van der Waals surface area contributed by atoms with E-state index < -0.39 is 15.9 Å². The molecule has 2 rings (SSSR count). The van der Waals surface area contributed by atoms with E-state index in [1.165, 1.54) is 0 Å². The molecular formula is C13H19N3O5S. The van der Waals surface area contributed by atoms with Crippen LogP contribution in [0.1, 0.15) is 6.42 Å². The summed E-state index contributed by atoms with van der Waals surface area (Å²) in [6.07, 6.45) is 5.37. The van der Waals surface area contributed by atoms with Gasteiger partial charge in [-0.05, 0) is 12.3 Å². The Balaban J connectivity index is 0.000000224. The first-order valence-electron chi connectivity index (χ1n) is 6.60. The minimum Gasteiger partial charge on any atom is -0.378 e. The summed E-state index contributed by atoms with van der Waals surface area (Å²) in [5.41, 5.74) is 0. The maximum Gasteiger partial charge on any atom is 0.298 e. The molecule has 0 aromatic rings. The third kappa shape index (κ3) is 5.14. The van der Waals surface area contributed by atoms with Gasteiger partial charge in [-0.25, -0.2) is 13.6 Å². The Hall–Kier alpha value is -1.89. The van der Waals surface area contributed by atoms with Crippen molar-refractivity contribution in [2.75, 3.05) is 32.8 Å². The standard InChI is InChI=1S/C7H9NO2.C6H10N2O3S/c1-2-7(9)8-3-5-10-6-4-8;1-4(12(7,10)11)5-2-3-8-6(5)9/h1H,3-6H2;5H,1-3H2,(H,8,9)(H2,7,10,11). The van der Waals surface area contributed by atoms with E-state index >= 15 is 0 Å². The van der Waals surface area contributed by atoms with Gasteiger partial charge in [-0.2, -0.15) is 0 Å². The third-order valence-electron chi connectivity index (χ3n) is 3.22. The fraction of sp³-hybridized carbons (Fsp3) is 0.538. The highest BCUT2D eigenvalue weighted by Gasteiger charge is 2.31. The molecule has 0 aromatic carbocycles. The van der Waals surface area contributed by atoms with Crippen molar-refractivity contribution >= 4 is 21.8 Å². The highest BCUT2D eigenvalue weighted by Crippen LogP contribution is 2.20. The molecule has 22 heavy (non-hydrogen) atoms. The van der Waals surface area contributed by atoms with Crippen LogP contribution in [0, 0.1) is 18.3 Å². The number of nitrogens with zero attached hydrogens (tertiary/aromatic N) is 1. The van der Waals surface area contributed by atoms with Crippen LogP contribution in [-0.4, -0.2) is 58.0 Å². The molecular weight excluding hydrogens is 310 g/mol. The normalized spacial score (nSPS) is 21.2. The van der Waals surface area contributed by atoms with Gasteiger partial charge in [-0.15, -0.1) is 6.42 Å². The molecule has 0 spiro atoms. The Morgan fingerprint density at radius 2 is 2.05 bits per heavy atom. The van der Waals surface area contributed by atoms with Gasteiger partial charge < -0.3 is 15.0 Å². The molecule has 0 radical (unpaired) electrons. The van der Waals surface area contributed by atoms with Crippen LogP contribution in [0.5, 0.6) is 0 Å². The lowest BCUT2D eigenvalue weighted by atomic mass is 10.1. The predicted octanol–water partition coefficient (Wildman–Crippen LogP) is -1.60. The number of sulfonamides is 1.